The standard InChI is InChI=1S/C8H11N3/c1-6(10-2)7-5-11-4-3-8(7)9/h3-5H,1-2H3,(H2,9,11). The smallest absolute Gasteiger partial charge is 0.0436 e. The normalized spacial score (nSPS) is 11.6. The van der Waals surface area contributed by atoms with Gasteiger partial charge < -0.3 is 5.73 Å². The van der Waals surface area contributed by atoms with Crippen molar-refractivity contribution in [2.45, 2.75) is 6.92 Å². The number of pyridine rings is 1. The molecule has 0 aliphatic carbocycles. The van der Waals surface area contributed by atoms with Crippen molar-refractivity contribution >= 4 is 11.4 Å². The Morgan fingerprint density at radius 1 is 1.64 bits per heavy atom. The number of nitrogen functional groups attached to an aromatic ring is 1. The molecule has 1 aromatic heterocycles. The molecule has 3 nitrogen and oxygen atoms in total. The van der Waals surface area contributed by atoms with E-state index in [-0.39, 0.29) is 0 Å². The molecule has 2 N–H and O–H groups in total. The summed E-state index contributed by atoms with van der Waals surface area (Å²) in [5.41, 5.74) is 8.23. The number of hydrogen-bond donors (Lipinski definition) is 1. The van der Waals surface area contributed by atoms with Crippen LogP contribution >= 0.6 is 0 Å². The van der Waals surface area contributed by atoms with Crippen molar-refractivity contribution in [3.63, 3.8) is 0 Å². The van der Waals surface area contributed by atoms with E-state index in [0.717, 1.165) is 17.0 Å². The van der Waals surface area contributed by atoms with Crippen LogP contribution in [0.3, 0.4) is 0 Å². The molecule has 0 spiro atoms. The Hall–Kier alpha value is -1.38. The van der Waals surface area contributed by atoms with E-state index in [4.69, 9.17) is 5.73 Å². The molecule has 0 atom stereocenters. The average molecular weight is 149 g/mol. The Kier molecular flexibility index (Phi) is 2.21. The first-order valence-electron chi connectivity index (χ1n) is 3.39. The van der Waals surface area contributed by atoms with Crippen molar-refractivity contribution in [1.82, 2.24) is 4.98 Å². The summed E-state index contributed by atoms with van der Waals surface area (Å²) in [5.74, 6) is 0. The SMILES string of the molecule is CN=C(C)c1cnccc1N. The molecule has 0 bridgehead atoms. The zero-order valence-corrected chi connectivity index (χ0v) is 6.70. The van der Waals surface area contributed by atoms with Gasteiger partial charge in [-0.3, -0.25) is 9.98 Å². The zero-order valence-electron chi connectivity index (χ0n) is 6.70. The molecular weight excluding hydrogens is 138 g/mol. The molecule has 58 valence electrons. The minimum absolute atomic E-state index is 0.725. The quantitative estimate of drug-likeness (QED) is 0.608. The van der Waals surface area contributed by atoms with Crippen molar-refractivity contribution in [1.29, 1.82) is 0 Å². The lowest BCUT2D eigenvalue weighted by Crippen LogP contribution is -2.00. The van der Waals surface area contributed by atoms with Gasteiger partial charge in [0.1, 0.15) is 0 Å². The Balaban J connectivity index is 3.14. The van der Waals surface area contributed by atoms with Crippen molar-refractivity contribution in [2.75, 3.05) is 12.8 Å². The van der Waals surface area contributed by atoms with Gasteiger partial charge in [-0.05, 0) is 13.0 Å². The minimum Gasteiger partial charge on any atom is -0.398 e. The fourth-order valence-electron chi connectivity index (χ4n) is 0.828. The molecule has 1 rings (SSSR count). The van der Waals surface area contributed by atoms with E-state index in [1.54, 1.807) is 25.5 Å². The fraction of sp³-hybridized carbons (Fsp3) is 0.250. The largest absolute Gasteiger partial charge is 0.398 e. The highest BCUT2D eigenvalue weighted by Crippen LogP contribution is 2.09. The van der Waals surface area contributed by atoms with Crippen molar-refractivity contribution in [3.05, 3.63) is 24.0 Å². The Bertz CT molecular complexity index is 278. The monoisotopic (exact) mass is 149 g/mol. The average Bonchev–Trinajstić information content (AvgIpc) is 2.04. The van der Waals surface area contributed by atoms with Gasteiger partial charge in [-0.25, -0.2) is 0 Å². The molecule has 0 radical (unpaired) electrons. The summed E-state index contributed by atoms with van der Waals surface area (Å²) in [4.78, 5) is 7.97. The molecule has 0 saturated carbocycles. The van der Waals surface area contributed by atoms with Gasteiger partial charge in [0, 0.05) is 36.4 Å². The molecule has 1 aromatic rings. The summed E-state index contributed by atoms with van der Waals surface area (Å²) in [6.45, 7) is 1.91. The molecule has 1 heterocycles. The molecule has 0 aromatic carbocycles. The van der Waals surface area contributed by atoms with Crippen LogP contribution in [-0.4, -0.2) is 17.7 Å². The van der Waals surface area contributed by atoms with Gasteiger partial charge in [0.2, 0.25) is 0 Å². The van der Waals surface area contributed by atoms with Crippen molar-refractivity contribution in [2.24, 2.45) is 4.99 Å². The highest BCUT2D eigenvalue weighted by Gasteiger charge is 1.99. The second-order valence-corrected chi connectivity index (χ2v) is 2.27. The number of nitrogens with zero attached hydrogens (tertiary/aromatic N) is 2. The second-order valence-electron chi connectivity index (χ2n) is 2.27. The highest BCUT2D eigenvalue weighted by molar-refractivity contribution is 6.02. The topological polar surface area (TPSA) is 51.3 Å². The maximum atomic E-state index is 5.68. The summed E-state index contributed by atoms with van der Waals surface area (Å²) in [6, 6.07) is 1.77. The van der Waals surface area contributed by atoms with E-state index in [1.165, 1.54) is 0 Å². The summed E-state index contributed by atoms with van der Waals surface area (Å²) in [5, 5.41) is 0. The van der Waals surface area contributed by atoms with Crippen LogP contribution in [0.2, 0.25) is 0 Å². The first-order chi connectivity index (χ1) is 5.25. The number of hydrogen-bond acceptors (Lipinski definition) is 3. The molecule has 0 saturated heterocycles. The van der Waals surface area contributed by atoms with Crippen LogP contribution in [0.4, 0.5) is 5.69 Å². The van der Waals surface area contributed by atoms with Crippen LogP contribution in [0.5, 0.6) is 0 Å². The van der Waals surface area contributed by atoms with Gasteiger partial charge in [-0.15, -0.1) is 0 Å². The summed E-state index contributed by atoms with van der Waals surface area (Å²) < 4.78 is 0. The van der Waals surface area contributed by atoms with Gasteiger partial charge in [-0.2, -0.15) is 0 Å². The van der Waals surface area contributed by atoms with Gasteiger partial charge in [0.25, 0.3) is 0 Å². The first kappa shape index (κ1) is 7.72. The van der Waals surface area contributed by atoms with Crippen molar-refractivity contribution < 1.29 is 0 Å². The van der Waals surface area contributed by atoms with Gasteiger partial charge in [0.05, 0.1) is 0 Å². The Morgan fingerprint density at radius 3 is 2.91 bits per heavy atom. The van der Waals surface area contributed by atoms with E-state index in [1.807, 2.05) is 6.92 Å². The van der Waals surface area contributed by atoms with Crippen LogP contribution in [0, 0.1) is 0 Å². The van der Waals surface area contributed by atoms with Crippen LogP contribution in [0.15, 0.2) is 23.5 Å². The molecule has 0 aliphatic heterocycles. The lowest BCUT2D eigenvalue weighted by Gasteiger charge is -2.01. The van der Waals surface area contributed by atoms with E-state index in [9.17, 15) is 0 Å². The van der Waals surface area contributed by atoms with Crippen LogP contribution in [0.1, 0.15) is 12.5 Å². The fourth-order valence-corrected chi connectivity index (χ4v) is 0.828. The first-order valence-corrected chi connectivity index (χ1v) is 3.39. The predicted octanol–water partition coefficient (Wildman–Crippen LogP) is 1.10. The lowest BCUT2D eigenvalue weighted by molar-refractivity contribution is 1.30. The van der Waals surface area contributed by atoms with Gasteiger partial charge >= 0.3 is 0 Å². The van der Waals surface area contributed by atoms with E-state index < -0.39 is 0 Å². The maximum absolute atomic E-state index is 5.68. The zero-order chi connectivity index (χ0) is 8.27. The third-order valence-corrected chi connectivity index (χ3v) is 1.58. The lowest BCUT2D eigenvalue weighted by atomic mass is 10.1. The summed E-state index contributed by atoms with van der Waals surface area (Å²) in [7, 11) is 1.74. The number of nitrogens with two attached hydrogens (primary N) is 1. The summed E-state index contributed by atoms with van der Waals surface area (Å²) >= 11 is 0. The molecule has 0 aliphatic rings. The molecule has 11 heavy (non-hydrogen) atoms. The third kappa shape index (κ3) is 1.55. The molecule has 0 amide bonds. The van der Waals surface area contributed by atoms with E-state index in [0.29, 0.717) is 0 Å². The number of rotatable bonds is 1. The minimum atomic E-state index is 0.725. The van der Waals surface area contributed by atoms with Gasteiger partial charge in [-0.1, -0.05) is 0 Å². The Morgan fingerprint density at radius 2 is 2.36 bits per heavy atom. The van der Waals surface area contributed by atoms with E-state index in [2.05, 4.69) is 9.98 Å². The number of aromatic nitrogens is 1. The van der Waals surface area contributed by atoms with Crippen molar-refractivity contribution in [3.8, 4) is 0 Å². The Labute approximate surface area is 66.0 Å². The number of anilines is 1. The van der Waals surface area contributed by atoms with E-state index >= 15 is 0 Å². The summed E-state index contributed by atoms with van der Waals surface area (Å²) in [6.07, 6.45) is 3.39. The molecule has 0 fully saturated rings. The van der Waals surface area contributed by atoms with Crippen LogP contribution in [0.25, 0.3) is 0 Å². The number of aliphatic imine (C=N–C) groups is 1. The second kappa shape index (κ2) is 3.14. The van der Waals surface area contributed by atoms with Crippen LogP contribution < -0.4 is 5.73 Å². The third-order valence-electron chi connectivity index (χ3n) is 1.58. The predicted molar refractivity (Wildman–Crippen MR) is 46.8 cm³/mol. The highest BCUT2D eigenvalue weighted by atomic mass is 14.7. The van der Waals surface area contributed by atoms with Gasteiger partial charge in [0.15, 0.2) is 0 Å². The molecule has 0 unspecified atom stereocenters. The molecule has 3 heteroatoms. The van der Waals surface area contributed by atoms with Crippen LogP contribution in [-0.2, 0) is 0 Å². The maximum Gasteiger partial charge on any atom is 0.0436 e. The molecular formula is C8H11N3.